The number of rotatable bonds is 3. The molecule has 4 rings (SSSR count). The summed E-state index contributed by atoms with van der Waals surface area (Å²) in [5.41, 5.74) is 1.20. The van der Waals surface area contributed by atoms with Gasteiger partial charge in [-0.15, -0.1) is 0 Å². The molecule has 0 spiro atoms. The first-order chi connectivity index (χ1) is 12.1. The van der Waals surface area contributed by atoms with Gasteiger partial charge in [0.25, 0.3) is 5.56 Å². The molecule has 0 fully saturated rings. The minimum absolute atomic E-state index is 0.0528. The minimum Gasteiger partial charge on any atom is -0.454 e. The fraction of sp³-hybridized carbons (Fsp3) is 0.111. The Morgan fingerprint density at radius 2 is 1.96 bits per heavy atom. The Labute approximate surface area is 147 Å². The van der Waals surface area contributed by atoms with E-state index >= 15 is 0 Å². The van der Waals surface area contributed by atoms with Crippen molar-refractivity contribution in [3.05, 3.63) is 75.3 Å². The van der Waals surface area contributed by atoms with Gasteiger partial charge >= 0.3 is 0 Å². The topological polar surface area (TPSA) is 53.4 Å². The van der Waals surface area contributed by atoms with Crippen LogP contribution in [0.15, 0.2) is 53.3 Å². The number of benzene rings is 2. The van der Waals surface area contributed by atoms with Crippen molar-refractivity contribution < 1.29 is 13.9 Å². The molecule has 0 atom stereocenters. The van der Waals surface area contributed by atoms with E-state index in [2.05, 4.69) is 5.10 Å². The van der Waals surface area contributed by atoms with Gasteiger partial charge in [-0.25, -0.2) is 9.07 Å². The molecule has 0 saturated carbocycles. The van der Waals surface area contributed by atoms with Crippen molar-refractivity contribution >= 4 is 11.6 Å². The molecule has 5 nitrogen and oxygen atoms in total. The lowest BCUT2D eigenvalue weighted by Crippen LogP contribution is -2.23. The highest BCUT2D eigenvalue weighted by molar-refractivity contribution is 6.31. The van der Waals surface area contributed by atoms with Crippen molar-refractivity contribution in [3.63, 3.8) is 0 Å². The number of hydrogen-bond acceptors (Lipinski definition) is 4. The van der Waals surface area contributed by atoms with Crippen LogP contribution in [0.25, 0.3) is 11.3 Å². The SMILES string of the molecule is O=c1ccc(-c2ccc3c(c2)OCO3)nn1Cc1c(F)cccc1Cl. The molecule has 0 unspecified atom stereocenters. The predicted octanol–water partition coefficient (Wildman–Crippen LogP) is 3.48. The van der Waals surface area contributed by atoms with Gasteiger partial charge in [-0.2, -0.15) is 5.10 Å². The molecule has 2 aromatic carbocycles. The van der Waals surface area contributed by atoms with Gasteiger partial charge in [0.05, 0.1) is 12.2 Å². The summed E-state index contributed by atoms with van der Waals surface area (Å²) in [6.45, 7) is 0.125. The molecular weight excluding hydrogens is 347 g/mol. The zero-order valence-corrected chi connectivity index (χ0v) is 13.7. The molecule has 0 radical (unpaired) electrons. The van der Waals surface area contributed by atoms with Gasteiger partial charge in [0.1, 0.15) is 5.82 Å². The second-order valence-electron chi connectivity index (χ2n) is 5.48. The second-order valence-corrected chi connectivity index (χ2v) is 5.89. The number of ether oxygens (including phenoxy) is 2. The van der Waals surface area contributed by atoms with Gasteiger partial charge in [0.15, 0.2) is 11.5 Å². The Kier molecular flexibility index (Phi) is 3.89. The lowest BCUT2D eigenvalue weighted by atomic mass is 10.1. The quantitative estimate of drug-likeness (QED) is 0.719. The van der Waals surface area contributed by atoms with Crippen molar-refractivity contribution in [1.29, 1.82) is 0 Å². The minimum atomic E-state index is -0.477. The summed E-state index contributed by atoms with van der Waals surface area (Å²) < 4.78 is 25.8. The van der Waals surface area contributed by atoms with Crippen molar-refractivity contribution in [3.8, 4) is 22.8 Å². The van der Waals surface area contributed by atoms with Crippen LogP contribution < -0.4 is 15.0 Å². The van der Waals surface area contributed by atoms with Crippen LogP contribution in [0.2, 0.25) is 5.02 Å². The smallest absolute Gasteiger partial charge is 0.267 e. The van der Waals surface area contributed by atoms with Gasteiger partial charge in [0, 0.05) is 22.2 Å². The highest BCUT2D eigenvalue weighted by Gasteiger charge is 2.15. The Morgan fingerprint density at radius 1 is 1.12 bits per heavy atom. The third-order valence-electron chi connectivity index (χ3n) is 3.90. The van der Waals surface area contributed by atoms with Crippen molar-refractivity contribution in [2.24, 2.45) is 0 Å². The second kappa shape index (κ2) is 6.22. The van der Waals surface area contributed by atoms with Gasteiger partial charge in [-0.1, -0.05) is 17.7 Å². The lowest BCUT2D eigenvalue weighted by Gasteiger charge is -2.10. The molecule has 0 saturated heterocycles. The largest absolute Gasteiger partial charge is 0.454 e. The molecule has 0 bridgehead atoms. The van der Waals surface area contributed by atoms with Gasteiger partial charge in [-0.05, 0) is 36.4 Å². The van der Waals surface area contributed by atoms with Crippen LogP contribution in [0.3, 0.4) is 0 Å². The number of halogens is 2. The Morgan fingerprint density at radius 3 is 2.80 bits per heavy atom. The molecule has 1 aliphatic heterocycles. The van der Waals surface area contributed by atoms with E-state index < -0.39 is 5.82 Å². The van der Waals surface area contributed by atoms with Crippen LogP contribution in [0.1, 0.15) is 5.56 Å². The van der Waals surface area contributed by atoms with E-state index in [0.717, 1.165) is 5.56 Å². The molecular formula is C18H12ClFN2O3. The van der Waals surface area contributed by atoms with Gasteiger partial charge in [0.2, 0.25) is 6.79 Å². The summed E-state index contributed by atoms with van der Waals surface area (Å²) in [5, 5.41) is 4.58. The molecule has 3 aromatic rings. The highest BCUT2D eigenvalue weighted by Crippen LogP contribution is 2.35. The zero-order valence-electron chi connectivity index (χ0n) is 12.9. The van der Waals surface area contributed by atoms with E-state index in [1.54, 1.807) is 24.3 Å². The van der Waals surface area contributed by atoms with Gasteiger partial charge < -0.3 is 9.47 Å². The first-order valence-corrected chi connectivity index (χ1v) is 7.91. The average molecular weight is 359 g/mol. The first-order valence-electron chi connectivity index (χ1n) is 7.53. The molecule has 0 N–H and O–H groups in total. The summed E-state index contributed by atoms with van der Waals surface area (Å²) in [6.07, 6.45) is 0. The molecule has 126 valence electrons. The van der Waals surface area contributed by atoms with E-state index in [1.165, 1.54) is 22.9 Å². The fourth-order valence-corrected chi connectivity index (χ4v) is 2.83. The summed E-state index contributed by atoms with van der Waals surface area (Å²) in [7, 11) is 0. The Hall–Kier alpha value is -2.86. The molecule has 0 aliphatic carbocycles. The molecule has 1 aromatic heterocycles. The van der Waals surface area contributed by atoms with Crippen LogP contribution in [0.5, 0.6) is 11.5 Å². The number of fused-ring (bicyclic) bond motifs is 1. The molecule has 7 heteroatoms. The van der Waals surface area contributed by atoms with E-state index in [1.807, 2.05) is 6.07 Å². The predicted molar refractivity (Wildman–Crippen MR) is 90.6 cm³/mol. The third kappa shape index (κ3) is 2.96. The summed E-state index contributed by atoms with van der Waals surface area (Å²) in [4.78, 5) is 12.1. The summed E-state index contributed by atoms with van der Waals surface area (Å²) in [5.74, 6) is 0.805. The fourth-order valence-electron chi connectivity index (χ4n) is 2.61. The van der Waals surface area contributed by atoms with Crippen LogP contribution >= 0.6 is 11.6 Å². The van der Waals surface area contributed by atoms with Crippen LogP contribution in [-0.4, -0.2) is 16.6 Å². The molecule has 0 amide bonds. The van der Waals surface area contributed by atoms with Crippen LogP contribution in [-0.2, 0) is 6.54 Å². The molecule has 1 aliphatic rings. The molecule has 2 heterocycles. The van der Waals surface area contributed by atoms with E-state index in [-0.39, 0.29) is 29.5 Å². The maximum atomic E-state index is 14.0. The summed E-state index contributed by atoms with van der Waals surface area (Å²) >= 11 is 6.04. The number of nitrogens with zero attached hydrogens (tertiary/aromatic N) is 2. The Balaban J connectivity index is 1.73. The molecule has 25 heavy (non-hydrogen) atoms. The first kappa shape index (κ1) is 15.7. The monoisotopic (exact) mass is 358 g/mol. The third-order valence-corrected chi connectivity index (χ3v) is 4.26. The Bertz CT molecular complexity index is 999. The maximum Gasteiger partial charge on any atom is 0.267 e. The normalized spacial score (nSPS) is 12.4. The zero-order chi connectivity index (χ0) is 17.4. The van der Waals surface area contributed by atoms with E-state index in [9.17, 15) is 9.18 Å². The van der Waals surface area contributed by atoms with Crippen molar-refractivity contribution in [1.82, 2.24) is 9.78 Å². The summed E-state index contributed by atoms with van der Waals surface area (Å²) in [6, 6.07) is 12.8. The average Bonchev–Trinajstić information content (AvgIpc) is 3.07. The van der Waals surface area contributed by atoms with Crippen molar-refractivity contribution in [2.45, 2.75) is 6.54 Å². The van der Waals surface area contributed by atoms with Gasteiger partial charge in [-0.3, -0.25) is 4.79 Å². The van der Waals surface area contributed by atoms with Crippen molar-refractivity contribution in [2.75, 3.05) is 6.79 Å². The van der Waals surface area contributed by atoms with E-state index in [4.69, 9.17) is 21.1 Å². The number of hydrogen-bond donors (Lipinski definition) is 0. The standard InChI is InChI=1S/C18H12ClFN2O3/c19-13-2-1-3-14(20)12(13)9-22-18(23)7-5-15(21-22)11-4-6-16-17(8-11)25-10-24-16/h1-8H,9-10H2. The van der Waals surface area contributed by atoms with Crippen LogP contribution in [0.4, 0.5) is 4.39 Å². The highest BCUT2D eigenvalue weighted by atomic mass is 35.5. The maximum absolute atomic E-state index is 14.0. The van der Waals surface area contributed by atoms with E-state index in [0.29, 0.717) is 17.2 Å². The lowest BCUT2D eigenvalue weighted by molar-refractivity contribution is 0.174. The number of aromatic nitrogens is 2. The van der Waals surface area contributed by atoms with Crippen LogP contribution in [0, 0.1) is 5.82 Å².